The van der Waals surface area contributed by atoms with Crippen LogP contribution in [-0.4, -0.2) is 35.6 Å². The number of piperidine rings is 1. The van der Waals surface area contributed by atoms with Crippen molar-refractivity contribution >= 4 is 11.9 Å². The Morgan fingerprint density at radius 1 is 1.10 bits per heavy atom. The monoisotopic (exact) mass is 282 g/mol. The minimum atomic E-state index is -1.03. The average Bonchev–Trinajstić information content (AvgIpc) is 2.48. The normalized spacial score (nSPS) is 24.9. The molecule has 0 aromatic carbocycles. The number of amides is 1. The summed E-state index contributed by atoms with van der Waals surface area (Å²) in [5, 5.41) is 15.8. The molecular formula is C15H26N2O3. The number of hydrogen-bond acceptors (Lipinski definition) is 3. The summed E-state index contributed by atoms with van der Waals surface area (Å²) in [6.07, 6.45) is 6.32. The van der Waals surface area contributed by atoms with Crippen molar-refractivity contribution in [1.29, 1.82) is 0 Å². The van der Waals surface area contributed by atoms with Gasteiger partial charge in [0.15, 0.2) is 0 Å². The van der Waals surface area contributed by atoms with Crippen molar-refractivity contribution in [3.63, 3.8) is 0 Å². The Morgan fingerprint density at radius 2 is 1.70 bits per heavy atom. The first-order chi connectivity index (χ1) is 9.55. The molecule has 1 saturated heterocycles. The number of hydrogen-bond donors (Lipinski definition) is 3. The zero-order valence-electron chi connectivity index (χ0n) is 12.3. The summed E-state index contributed by atoms with van der Waals surface area (Å²) in [7, 11) is 0. The molecular weight excluding hydrogens is 256 g/mol. The van der Waals surface area contributed by atoms with Gasteiger partial charge in [0.1, 0.15) is 5.54 Å². The highest BCUT2D eigenvalue weighted by Gasteiger charge is 2.46. The quantitative estimate of drug-likeness (QED) is 0.733. The van der Waals surface area contributed by atoms with Crippen molar-refractivity contribution in [3.8, 4) is 0 Å². The summed E-state index contributed by atoms with van der Waals surface area (Å²) in [6, 6.07) is 0. The van der Waals surface area contributed by atoms with Gasteiger partial charge >= 0.3 is 5.97 Å². The third-order valence-corrected chi connectivity index (χ3v) is 5.19. The number of aliphatic carboxylic acids is 1. The summed E-state index contributed by atoms with van der Waals surface area (Å²) >= 11 is 0. The van der Waals surface area contributed by atoms with Crippen LogP contribution in [0.2, 0.25) is 0 Å². The second kappa shape index (κ2) is 6.12. The van der Waals surface area contributed by atoms with Crippen LogP contribution in [0, 0.1) is 5.41 Å². The fourth-order valence-electron chi connectivity index (χ4n) is 3.54. The molecule has 0 atom stereocenters. The van der Waals surface area contributed by atoms with Gasteiger partial charge in [-0.3, -0.25) is 4.79 Å². The molecule has 1 heterocycles. The molecule has 2 fully saturated rings. The molecule has 20 heavy (non-hydrogen) atoms. The van der Waals surface area contributed by atoms with Crippen LogP contribution in [-0.2, 0) is 9.59 Å². The third kappa shape index (κ3) is 2.82. The predicted octanol–water partition coefficient (Wildman–Crippen LogP) is 1.67. The standard InChI is InChI=1S/C15H26N2O3/c1-2-14(8-10-16-11-9-14)12(18)17-15(13(19)20)6-4-3-5-7-15/h16H,2-11H2,1H3,(H,17,18)(H,19,20). The van der Waals surface area contributed by atoms with Crippen LogP contribution in [0.5, 0.6) is 0 Å². The van der Waals surface area contributed by atoms with E-state index in [0.29, 0.717) is 12.8 Å². The van der Waals surface area contributed by atoms with Gasteiger partial charge in [-0.2, -0.15) is 0 Å². The Kier molecular flexibility index (Phi) is 4.68. The van der Waals surface area contributed by atoms with Crippen LogP contribution in [0.25, 0.3) is 0 Å². The molecule has 0 radical (unpaired) electrons. The maximum Gasteiger partial charge on any atom is 0.329 e. The summed E-state index contributed by atoms with van der Waals surface area (Å²) in [5.74, 6) is -0.920. The summed E-state index contributed by atoms with van der Waals surface area (Å²) in [6.45, 7) is 3.70. The van der Waals surface area contributed by atoms with E-state index in [1.54, 1.807) is 0 Å². The maximum atomic E-state index is 12.7. The summed E-state index contributed by atoms with van der Waals surface area (Å²) < 4.78 is 0. The molecule has 5 nitrogen and oxygen atoms in total. The maximum absolute atomic E-state index is 12.7. The van der Waals surface area contributed by atoms with Gasteiger partial charge in [-0.1, -0.05) is 26.2 Å². The van der Waals surface area contributed by atoms with E-state index >= 15 is 0 Å². The lowest BCUT2D eigenvalue weighted by Gasteiger charge is -2.40. The van der Waals surface area contributed by atoms with E-state index < -0.39 is 11.5 Å². The van der Waals surface area contributed by atoms with E-state index in [1.807, 2.05) is 6.92 Å². The van der Waals surface area contributed by atoms with Crippen molar-refractivity contribution in [3.05, 3.63) is 0 Å². The van der Waals surface area contributed by atoms with Gasteiger partial charge in [-0.15, -0.1) is 0 Å². The first kappa shape index (κ1) is 15.3. The fraction of sp³-hybridized carbons (Fsp3) is 0.867. The van der Waals surface area contributed by atoms with E-state index in [-0.39, 0.29) is 11.3 Å². The minimum absolute atomic E-state index is 0.0502. The lowest BCUT2D eigenvalue weighted by Crippen LogP contribution is -2.60. The Hall–Kier alpha value is -1.10. The number of carboxylic acids is 1. The molecule has 1 amide bonds. The zero-order chi connectivity index (χ0) is 14.6. The molecule has 3 N–H and O–H groups in total. The molecule has 1 saturated carbocycles. The predicted molar refractivity (Wildman–Crippen MR) is 76.4 cm³/mol. The topological polar surface area (TPSA) is 78.4 Å². The van der Waals surface area contributed by atoms with Crippen LogP contribution >= 0.6 is 0 Å². The van der Waals surface area contributed by atoms with E-state index in [2.05, 4.69) is 10.6 Å². The van der Waals surface area contributed by atoms with Crippen molar-refractivity contribution in [2.24, 2.45) is 5.41 Å². The fourth-order valence-corrected chi connectivity index (χ4v) is 3.54. The van der Waals surface area contributed by atoms with E-state index in [0.717, 1.165) is 51.6 Å². The molecule has 0 aromatic heterocycles. The molecule has 114 valence electrons. The number of carbonyl (C=O) groups is 2. The van der Waals surface area contributed by atoms with E-state index in [9.17, 15) is 14.7 Å². The average molecular weight is 282 g/mol. The Bertz CT molecular complexity index is 369. The van der Waals surface area contributed by atoms with Crippen molar-refractivity contribution < 1.29 is 14.7 Å². The van der Waals surface area contributed by atoms with E-state index in [4.69, 9.17) is 0 Å². The van der Waals surface area contributed by atoms with Crippen LogP contribution in [0.1, 0.15) is 58.3 Å². The van der Waals surface area contributed by atoms with Gasteiger partial charge in [0.2, 0.25) is 5.91 Å². The van der Waals surface area contributed by atoms with Crippen molar-refractivity contribution in [1.82, 2.24) is 10.6 Å². The third-order valence-electron chi connectivity index (χ3n) is 5.19. The van der Waals surface area contributed by atoms with Crippen LogP contribution in [0.3, 0.4) is 0 Å². The largest absolute Gasteiger partial charge is 0.480 e. The minimum Gasteiger partial charge on any atom is -0.480 e. The van der Waals surface area contributed by atoms with Gasteiger partial charge < -0.3 is 15.7 Å². The van der Waals surface area contributed by atoms with Gasteiger partial charge in [-0.25, -0.2) is 4.79 Å². The van der Waals surface area contributed by atoms with Crippen molar-refractivity contribution in [2.45, 2.75) is 63.8 Å². The van der Waals surface area contributed by atoms with Gasteiger partial charge in [0.25, 0.3) is 0 Å². The lowest BCUT2D eigenvalue weighted by atomic mass is 9.74. The highest BCUT2D eigenvalue weighted by atomic mass is 16.4. The lowest BCUT2D eigenvalue weighted by molar-refractivity contribution is -0.152. The second-order valence-corrected chi connectivity index (χ2v) is 6.29. The molecule has 2 rings (SSSR count). The summed E-state index contributed by atoms with van der Waals surface area (Å²) in [4.78, 5) is 24.4. The van der Waals surface area contributed by atoms with Gasteiger partial charge in [-0.05, 0) is 45.2 Å². The Balaban J connectivity index is 2.13. The Labute approximate surface area is 120 Å². The molecule has 0 aromatic rings. The Morgan fingerprint density at radius 3 is 2.20 bits per heavy atom. The van der Waals surface area contributed by atoms with Crippen molar-refractivity contribution in [2.75, 3.05) is 13.1 Å². The zero-order valence-corrected chi connectivity index (χ0v) is 12.3. The smallest absolute Gasteiger partial charge is 0.329 e. The highest BCUT2D eigenvalue weighted by molar-refractivity contribution is 5.90. The second-order valence-electron chi connectivity index (χ2n) is 6.29. The molecule has 0 bridgehead atoms. The molecule has 0 spiro atoms. The first-order valence-electron chi connectivity index (χ1n) is 7.81. The number of rotatable bonds is 4. The SMILES string of the molecule is CCC1(C(=O)NC2(C(=O)O)CCCCC2)CCNCC1. The molecule has 5 heteroatoms. The summed E-state index contributed by atoms with van der Waals surface area (Å²) in [5.41, 5.74) is -1.41. The highest BCUT2D eigenvalue weighted by Crippen LogP contribution is 2.35. The van der Waals surface area contributed by atoms with Crippen LogP contribution in [0.4, 0.5) is 0 Å². The van der Waals surface area contributed by atoms with Gasteiger partial charge in [0.05, 0.1) is 5.41 Å². The molecule has 1 aliphatic heterocycles. The number of carbonyl (C=O) groups excluding carboxylic acids is 1. The van der Waals surface area contributed by atoms with Crippen LogP contribution in [0.15, 0.2) is 0 Å². The molecule has 0 unspecified atom stereocenters. The first-order valence-corrected chi connectivity index (χ1v) is 7.81. The van der Waals surface area contributed by atoms with Gasteiger partial charge in [0, 0.05) is 0 Å². The van der Waals surface area contributed by atoms with Crippen LogP contribution < -0.4 is 10.6 Å². The van der Waals surface area contributed by atoms with E-state index in [1.165, 1.54) is 0 Å². The molecule has 1 aliphatic carbocycles. The molecule has 2 aliphatic rings. The number of carboxylic acid groups (broad SMARTS) is 1. The number of nitrogens with one attached hydrogen (secondary N) is 2.